The minimum atomic E-state index is -2.58. The first-order chi connectivity index (χ1) is 10.8. The Morgan fingerprint density at radius 2 is 1.96 bits per heavy atom. The van der Waals surface area contributed by atoms with Crippen LogP contribution in [0.1, 0.15) is 21.5 Å². The van der Waals surface area contributed by atoms with Crippen molar-refractivity contribution in [2.75, 3.05) is 0 Å². The molecule has 1 aromatic heterocycles. The van der Waals surface area contributed by atoms with Crippen LogP contribution >= 0.6 is 39.9 Å². The zero-order valence-corrected chi connectivity index (χ0v) is 16.2. The Morgan fingerprint density at radius 1 is 1.29 bits per heavy atom. The Balaban J connectivity index is 0.00000288. The molecule has 0 aliphatic carbocycles. The molecule has 0 saturated carbocycles. The molecule has 0 unspecified atom stereocenters. The van der Waals surface area contributed by atoms with E-state index in [0.717, 1.165) is 4.47 Å². The molecule has 2 rings (SSSR count). The summed E-state index contributed by atoms with van der Waals surface area (Å²) in [5.74, 6) is -0.849. The Bertz CT molecular complexity index is 905. The first-order valence-electron chi connectivity index (χ1n) is 6.41. The molecule has 0 radical (unpaired) electrons. The maximum absolute atomic E-state index is 11.4. The molecule has 0 aliphatic rings. The Hall–Kier alpha value is -1.35. The van der Waals surface area contributed by atoms with E-state index in [1.807, 2.05) is 0 Å². The second-order valence-corrected chi connectivity index (χ2v) is 7.15. The van der Waals surface area contributed by atoms with Gasteiger partial charge in [0.2, 0.25) is 0 Å². The van der Waals surface area contributed by atoms with E-state index in [1.54, 1.807) is 18.2 Å². The fourth-order valence-electron chi connectivity index (χ4n) is 2.14. The summed E-state index contributed by atoms with van der Waals surface area (Å²) in [7, 11) is -2.58. The number of aromatic nitrogens is 1. The molecule has 3 N–H and O–H groups in total. The van der Waals surface area contributed by atoms with Gasteiger partial charge in [0, 0.05) is 17.2 Å². The van der Waals surface area contributed by atoms with Gasteiger partial charge in [-0.3, -0.25) is 10.2 Å². The molecule has 1 heterocycles. The molecule has 24 heavy (non-hydrogen) atoms. The van der Waals surface area contributed by atoms with Crippen LogP contribution < -0.4 is 11.2 Å². The highest BCUT2D eigenvalue weighted by Crippen LogP contribution is 2.19. The Kier molecular flexibility index (Phi) is 7.47. The van der Waals surface area contributed by atoms with Gasteiger partial charge < -0.3 is 10.3 Å². The van der Waals surface area contributed by atoms with E-state index < -0.39 is 16.6 Å². The number of hydrogen-bond acceptors (Lipinski definition) is 4. The van der Waals surface area contributed by atoms with Gasteiger partial charge in [0.05, 0.1) is 16.3 Å². The van der Waals surface area contributed by atoms with E-state index >= 15 is 0 Å². The van der Waals surface area contributed by atoms with Gasteiger partial charge >= 0.3 is 0 Å². The number of carbonyl (C=O) groups excluding carboxylic acids is 1. The third-order valence-electron chi connectivity index (χ3n) is 3.18. The van der Waals surface area contributed by atoms with Crippen LogP contribution in [0.25, 0.3) is 0 Å². The summed E-state index contributed by atoms with van der Waals surface area (Å²) in [6, 6.07) is 6.55. The van der Waals surface area contributed by atoms with Gasteiger partial charge in [-0.15, -0.1) is 12.4 Å². The van der Waals surface area contributed by atoms with Crippen molar-refractivity contribution in [1.29, 1.82) is 5.41 Å². The lowest BCUT2D eigenvalue weighted by Crippen LogP contribution is -2.30. The van der Waals surface area contributed by atoms with Crippen molar-refractivity contribution in [1.82, 2.24) is 4.57 Å². The number of benzene rings is 1. The van der Waals surface area contributed by atoms with Crippen LogP contribution in [0.2, 0.25) is 5.02 Å². The van der Waals surface area contributed by atoms with Crippen molar-refractivity contribution in [3.63, 3.8) is 0 Å². The van der Waals surface area contributed by atoms with Gasteiger partial charge in [0.1, 0.15) is 16.2 Å². The monoisotopic (exact) mass is 453 g/mol. The standard InChI is InChI=1S/C14H13BrClN3O3S.ClH/c15-10-2-1-8(7-23(21)22)9(3-10)5-19-6-11(16)4-12(13(19)17)14(18)20;/h1-4,6,17,23H,5,7H2,(H2,18,20);1H. The lowest BCUT2D eigenvalue weighted by molar-refractivity contribution is 0.0997. The normalized spacial score (nSPS) is 10.5. The predicted molar refractivity (Wildman–Crippen MR) is 98.3 cm³/mol. The highest BCUT2D eigenvalue weighted by atomic mass is 79.9. The van der Waals surface area contributed by atoms with Crippen LogP contribution in [0.4, 0.5) is 0 Å². The van der Waals surface area contributed by atoms with Gasteiger partial charge in [-0.2, -0.15) is 0 Å². The second-order valence-electron chi connectivity index (χ2n) is 4.82. The van der Waals surface area contributed by atoms with Crippen molar-refractivity contribution in [2.24, 2.45) is 5.73 Å². The minimum Gasteiger partial charge on any atom is -0.365 e. The number of pyridine rings is 1. The highest BCUT2D eigenvalue weighted by molar-refractivity contribution is 9.10. The Morgan fingerprint density at radius 3 is 2.54 bits per heavy atom. The van der Waals surface area contributed by atoms with Crippen molar-refractivity contribution < 1.29 is 13.2 Å². The molecule has 1 aromatic carbocycles. The van der Waals surface area contributed by atoms with E-state index in [1.165, 1.54) is 16.8 Å². The number of nitrogens with one attached hydrogen (secondary N) is 1. The maximum atomic E-state index is 11.4. The van der Waals surface area contributed by atoms with Crippen molar-refractivity contribution in [2.45, 2.75) is 12.3 Å². The molecule has 0 saturated heterocycles. The summed E-state index contributed by atoms with van der Waals surface area (Å²) in [6.07, 6.45) is 1.50. The molecule has 1 amide bonds. The number of rotatable bonds is 5. The second kappa shape index (κ2) is 8.66. The number of hydrogen-bond donors (Lipinski definition) is 3. The summed E-state index contributed by atoms with van der Waals surface area (Å²) in [5, 5.41) is 8.33. The lowest BCUT2D eigenvalue weighted by atomic mass is 10.1. The van der Waals surface area contributed by atoms with E-state index in [-0.39, 0.29) is 40.8 Å². The van der Waals surface area contributed by atoms with Gasteiger partial charge in [-0.05, 0) is 29.3 Å². The largest absolute Gasteiger partial charge is 0.365 e. The van der Waals surface area contributed by atoms with Crippen molar-refractivity contribution >= 4 is 56.5 Å². The minimum absolute atomic E-state index is 0. The lowest BCUT2D eigenvalue weighted by Gasteiger charge is -2.13. The van der Waals surface area contributed by atoms with Crippen molar-refractivity contribution in [3.8, 4) is 0 Å². The molecule has 0 atom stereocenters. The third-order valence-corrected chi connectivity index (χ3v) is 4.48. The predicted octanol–water partition coefficient (Wildman–Crippen LogP) is 2.06. The van der Waals surface area contributed by atoms with E-state index in [4.69, 9.17) is 22.7 Å². The summed E-state index contributed by atoms with van der Waals surface area (Å²) in [6.45, 7) is 0.192. The average Bonchev–Trinajstić information content (AvgIpc) is 2.44. The zero-order valence-electron chi connectivity index (χ0n) is 12.2. The summed E-state index contributed by atoms with van der Waals surface area (Å²) >= 11 is 9.31. The van der Waals surface area contributed by atoms with Gasteiger partial charge in [-0.25, -0.2) is 8.42 Å². The molecular weight excluding hydrogens is 441 g/mol. The number of amides is 1. The number of primary amides is 1. The summed E-state index contributed by atoms with van der Waals surface area (Å²) in [4.78, 5) is 11.4. The van der Waals surface area contributed by atoms with Crippen molar-refractivity contribution in [3.05, 3.63) is 62.1 Å². The van der Waals surface area contributed by atoms with Crippen LogP contribution in [0.3, 0.4) is 0 Å². The molecule has 0 aliphatic heterocycles. The number of carbonyl (C=O) groups is 1. The Labute approximate surface area is 159 Å². The van der Waals surface area contributed by atoms with E-state index in [0.29, 0.717) is 11.1 Å². The quantitative estimate of drug-likeness (QED) is 0.602. The van der Waals surface area contributed by atoms with Crippen LogP contribution in [-0.4, -0.2) is 18.9 Å². The maximum Gasteiger partial charge on any atom is 0.252 e. The van der Waals surface area contributed by atoms with Crippen LogP contribution in [0, 0.1) is 5.41 Å². The summed E-state index contributed by atoms with van der Waals surface area (Å²) < 4.78 is 24.3. The number of nitrogens with two attached hydrogens (primary N) is 1. The number of thiol groups is 1. The molecule has 6 nitrogen and oxygen atoms in total. The number of nitrogens with zero attached hydrogens (tertiary/aromatic N) is 1. The molecule has 0 fully saturated rings. The fraction of sp³-hybridized carbons (Fsp3) is 0.143. The summed E-state index contributed by atoms with van der Waals surface area (Å²) in [5.41, 5.74) is 6.49. The molecule has 0 spiro atoms. The molecular formula is C14H14BrCl2N3O3S. The molecule has 0 bridgehead atoms. The van der Waals surface area contributed by atoms with Crippen LogP contribution in [0.5, 0.6) is 0 Å². The first kappa shape index (κ1) is 20.7. The third kappa shape index (κ3) is 5.07. The molecule has 2 aromatic rings. The topological polar surface area (TPSA) is 106 Å². The fourth-order valence-corrected chi connectivity index (χ4v) is 3.36. The zero-order chi connectivity index (χ0) is 17.1. The average molecular weight is 455 g/mol. The van der Waals surface area contributed by atoms with Gasteiger partial charge in [0.25, 0.3) is 5.91 Å². The smallest absolute Gasteiger partial charge is 0.252 e. The first-order valence-corrected chi connectivity index (χ1v) is 8.95. The van der Waals surface area contributed by atoms with E-state index in [9.17, 15) is 13.2 Å². The van der Waals surface area contributed by atoms with Crippen LogP contribution in [-0.2, 0) is 23.0 Å². The highest BCUT2D eigenvalue weighted by Gasteiger charge is 2.11. The van der Waals surface area contributed by atoms with Gasteiger partial charge in [0.15, 0.2) is 0 Å². The van der Waals surface area contributed by atoms with Gasteiger partial charge in [-0.1, -0.05) is 33.6 Å². The molecule has 10 heteroatoms. The molecule has 130 valence electrons. The van der Waals surface area contributed by atoms with E-state index in [2.05, 4.69) is 15.9 Å². The van der Waals surface area contributed by atoms with Crippen LogP contribution in [0.15, 0.2) is 34.9 Å². The number of halogens is 3. The SMILES string of the molecule is Cl.N=c1c(C(N)=O)cc(Cl)cn1Cc1cc(Br)ccc1C[SH](=O)=O.